The van der Waals surface area contributed by atoms with Gasteiger partial charge in [-0.15, -0.1) is 0 Å². The Balaban J connectivity index is 1.40. The van der Waals surface area contributed by atoms with E-state index in [-0.39, 0.29) is 19.8 Å². The molecule has 1 N–H and O–H groups in total. The van der Waals surface area contributed by atoms with Gasteiger partial charge in [0.15, 0.2) is 12.4 Å². The molecule has 0 amide bonds. The summed E-state index contributed by atoms with van der Waals surface area (Å²) in [5.74, 6) is 0.0436. The summed E-state index contributed by atoms with van der Waals surface area (Å²) in [5, 5.41) is 11.2. The maximum absolute atomic E-state index is 13.4. The van der Waals surface area contributed by atoms with Crippen molar-refractivity contribution in [3.63, 3.8) is 0 Å². The lowest BCUT2D eigenvalue weighted by molar-refractivity contribution is -0.308. The zero-order valence-electron chi connectivity index (χ0n) is 24.0. The number of rotatable bonds is 13. The van der Waals surface area contributed by atoms with E-state index in [2.05, 4.69) is 0 Å². The van der Waals surface area contributed by atoms with Gasteiger partial charge in [-0.25, -0.2) is 4.79 Å². The first-order chi connectivity index (χ1) is 21.1. The highest BCUT2D eigenvalue weighted by molar-refractivity contribution is 5.89. The average Bonchev–Trinajstić information content (AvgIpc) is 3.06. The summed E-state index contributed by atoms with van der Waals surface area (Å²) in [6, 6.07) is 35.6. The second-order valence-corrected chi connectivity index (χ2v) is 10.2. The minimum atomic E-state index is -1.36. The molecule has 1 aliphatic rings. The molecule has 0 radical (unpaired) electrons. The number of esters is 1. The van der Waals surface area contributed by atoms with Crippen LogP contribution in [0.5, 0.6) is 5.75 Å². The van der Waals surface area contributed by atoms with Crippen LogP contribution in [-0.2, 0) is 43.5 Å². The molecule has 0 aliphatic carbocycles. The number of ether oxygens (including phenoxy) is 6. The second kappa shape index (κ2) is 15.4. The van der Waals surface area contributed by atoms with E-state index < -0.39 is 36.7 Å². The van der Waals surface area contributed by atoms with Crippen molar-refractivity contribution >= 4 is 5.97 Å². The molecular formula is C35H36O8. The van der Waals surface area contributed by atoms with Gasteiger partial charge in [0.05, 0.1) is 39.1 Å². The first kappa shape index (κ1) is 30.4. The summed E-state index contributed by atoms with van der Waals surface area (Å²) in [6.07, 6.45) is -4.98. The SMILES string of the molecule is COc1ccc(C(=O)O[C@@H]2[C@H](OCc3ccccc3)[C@@H](OCc3ccccc3)[C@@H]([18OH])O[C@@H]2COCc2ccccc2)cc1. The fourth-order valence-corrected chi connectivity index (χ4v) is 4.86. The average molecular weight is 587 g/mol. The van der Waals surface area contributed by atoms with E-state index in [1.54, 1.807) is 31.4 Å². The standard InChI is InChI=1S/C35H36O8/c1-38-29-19-17-28(18-20-29)34(36)43-31-30(24-39-21-25-11-5-2-6-12-25)42-35(37)33(41-23-27-15-9-4-10-16-27)32(31)40-22-26-13-7-3-8-14-26/h2-20,30-33,35,37H,21-24H2,1H3/t30-,31+,32+,33-,35+/m1/s1/i37+2. The van der Waals surface area contributed by atoms with Gasteiger partial charge in [-0.1, -0.05) is 91.0 Å². The third-order valence-electron chi connectivity index (χ3n) is 7.14. The minimum Gasteiger partial charge on any atom is -0.497 e. The van der Waals surface area contributed by atoms with Crippen LogP contribution in [0.2, 0.25) is 0 Å². The number of carbonyl (C=O) groups is 1. The summed E-state index contributed by atoms with van der Waals surface area (Å²) < 4.78 is 35.9. The van der Waals surface area contributed by atoms with Gasteiger partial charge < -0.3 is 33.5 Å². The van der Waals surface area contributed by atoms with Crippen LogP contribution in [0.1, 0.15) is 27.0 Å². The second-order valence-electron chi connectivity index (χ2n) is 10.2. The largest absolute Gasteiger partial charge is 0.497 e. The van der Waals surface area contributed by atoms with Crippen molar-refractivity contribution in [1.29, 1.82) is 0 Å². The molecule has 8 nitrogen and oxygen atoms in total. The number of aliphatic hydroxyl groups excluding tert-OH is 1. The number of aliphatic hydroxyl groups is 1. The molecule has 0 spiro atoms. The minimum absolute atomic E-state index is 0.0448. The number of hydrogen-bond acceptors (Lipinski definition) is 8. The van der Waals surface area contributed by atoms with E-state index in [9.17, 15) is 9.90 Å². The van der Waals surface area contributed by atoms with Gasteiger partial charge in [0.1, 0.15) is 24.1 Å². The number of carbonyl (C=O) groups excluding carboxylic acids is 1. The first-order valence-electron chi connectivity index (χ1n) is 14.2. The molecule has 8 heteroatoms. The molecule has 43 heavy (non-hydrogen) atoms. The normalized spacial score (nSPS) is 21.7. The molecule has 4 aromatic carbocycles. The predicted molar refractivity (Wildman–Crippen MR) is 159 cm³/mol. The zero-order chi connectivity index (χ0) is 29.9. The summed E-state index contributed by atoms with van der Waals surface area (Å²) >= 11 is 0. The maximum Gasteiger partial charge on any atom is 0.338 e. The fourth-order valence-electron chi connectivity index (χ4n) is 4.86. The molecule has 224 valence electrons. The molecule has 0 unspecified atom stereocenters. The summed E-state index contributed by atoms with van der Waals surface area (Å²) in [6.45, 7) is 0.769. The molecule has 5 rings (SSSR count). The van der Waals surface area contributed by atoms with Crippen LogP contribution in [0.25, 0.3) is 0 Å². The lowest BCUT2D eigenvalue weighted by Gasteiger charge is -2.44. The van der Waals surface area contributed by atoms with Gasteiger partial charge in [0.25, 0.3) is 0 Å². The van der Waals surface area contributed by atoms with Gasteiger partial charge in [-0.05, 0) is 41.0 Å². The molecular weight excluding hydrogens is 550 g/mol. The Morgan fingerprint density at radius 1 is 0.674 bits per heavy atom. The highest BCUT2D eigenvalue weighted by Gasteiger charge is 2.49. The van der Waals surface area contributed by atoms with Crippen LogP contribution < -0.4 is 4.74 Å². The Labute approximate surface area is 251 Å². The van der Waals surface area contributed by atoms with Gasteiger partial charge >= 0.3 is 5.97 Å². The van der Waals surface area contributed by atoms with Crippen molar-refractivity contribution in [3.05, 3.63) is 138 Å². The van der Waals surface area contributed by atoms with Crippen molar-refractivity contribution in [2.45, 2.75) is 50.5 Å². The molecule has 1 heterocycles. The van der Waals surface area contributed by atoms with Crippen molar-refractivity contribution in [1.82, 2.24) is 0 Å². The van der Waals surface area contributed by atoms with Crippen LogP contribution in [0.4, 0.5) is 0 Å². The quantitative estimate of drug-likeness (QED) is 0.166. The number of methoxy groups -OCH3 is 1. The molecule has 1 saturated heterocycles. The van der Waals surface area contributed by atoms with Crippen molar-refractivity contribution in [2.75, 3.05) is 13.7 Å². The highest BCUT2D eigenvalue weighted by Crippen LogP contribution is 2.30. The molecule has 5 atom stereocenters. The van der Waals surface area contributed by atoms with E-state index in [0.29, 0.717) is 17.9 Å². The fraction of sp³-hybridized carbons (Fsp3) is 0.286. The van der Waals surface area contributed by atoms with E-state index in [0.717, 1.165) is 16.7 Å². The zero-order valence-corrected chi connectivity index (χ0v) is 24.0. The van der Waals surface area contributed by atoms with E-state index >= 15 is 0 Å². The van der Waals surface area contributed by atoms with Crippen LogP contribution >= 0.6 is 0 Å². The lowest BCUT2D eigenvalue weighted by atomic mass is 9.98. The maximum atomic E-state index is 13.4. The highest BCUT2D eigenvalue weighted by atomic mass is 18.2. The third kappa shape index (κ3) is 8.50. The Morgan fingerprint density at radius 2 is 1.19 bits per heavy atom. The van der Waals surface area contributed by atoms with Crippen LogP contribution in [0.3, 0.4) is 0 Å². The number of benzene rings is 4. The van der Waals surface area contributed by atoms with E-state index in [1.165, 1.54) is 0 Å². The van der Waals surface area contributed by atoms with Crippen molar-refractivity contribution in [3.8, 4) is 5.75 Å². The number of hydrogen-bond donors (Lipinski definition) is 1. The van der Waals surface area contributed by atoms with Crippen LogP contribution in [0, 0.1) is 0 Å². The smallest absolute Gasteiger partial charge is 0.338 e. The Morgan fingerprint density at radius 3 is 1.72 bits per heavy atom. The Bertz CT molecular complexity index is 1380. The summed E-state index contributed by atoms with van der Waals surface area (Å²) in [5.41, 5.74) is 3.14. The summed E-state index contributed by atoms with van der Waals surface area (Å²) in [4.78, 5) is 13.4. The Hall–Kier alpha value is -4.05. The summed E-state index contributed by atoms with van der Waals surface area (Å²) in [7, 11) is 1.56. The molecule has 1 aliphatic heterocycles. The lowest BCUT2D eigenvalue weighted by Crippen LogP contribution is -2.61. The van der Waals surface area contributed by atoms with E-state index in [4.69, 9.17) is 28.4 Å². The third-order valence-corrected chi connectivity index (χ3v) is 7.14. The van der Waals surface area contributed by atoms with E-state index in [1.807, 2.05) is 91.0 Å². The topological polar surface area (TPSA) is 92.7 Å². The predicted octanol–water partition coefficient (Wildman–Crippen LogP) is 5.33. The molecule has 0 bridgehead atoms. The van der Waals surface area contributed by atoms with Gasteiger partial charge in [0.2, 0.25) is 0 Å². The van der Waals surface area contributed by atoms with Crippen molar-refractivity contribution in [2.24, 2.45) is 0 Å². The van der Waals surface area contributed by atoms with Gasteiger partial charge in [0, 0.05) is 0 Å². The molecule has 4 aromatic rings. The molecule has 1 fully saturated rings. The van der Waals surface area contributed by atoms with Crippen molar-refractivity contribution < 1.29 is 38.3 Å². The first-order valence-corrected chi connectivity index (χ1v) is 14.2. The Kier molecular flexibility index (Phi) is 10.9. The van der Waals surface area contributed by atoms with Crippen LogP contribution in [0.15, 0.2) is 115 Å². The van der Waals surface area contributed by atoms with Gasteiger partial charge in [-0.3, -0.25) is 0 Å². The monoisotopic (exact) mass is 586 g/mol. The molecule has 0 aromatic heterocycles. The van der Waals surface area contributed by atoms with Crippen LogP contribution in [-0.4, -0.2) is 55.5 Å². The van der Waals surface area contributed by atoms with Gasteiger partial charge in [-0.2, -0.15) is 0 Å². The molecule has 0 saturated carbocycles.